The smallest absolute Gasteiger partial charge is 0.325 e. The Morgan fingerprint density at radius 3 is 2.57 bits per heavy atom. The molecule has 21 heavy (non-hydrogen) atoms. The maximum Gasteiger partial charge on any atom is 0.325 e. The molecule has 0 aromatic carbocycles. The molecule has 0 saturated heterocycles. The number of methoxy groups -OCH3 is 1. The Hall–Kier alpha value is -1.10. The summed E-state index contributed by atoms with van der Waals surface area (Å²) in [5.74, 6) is 0.441. The summed E-state index contributed by atoms with van der Waals surface area (Å²) in [7, 11) is 1.33. The zero-order valence-corrected chi connectivity index (χ0v) is 13.8. The van der Waals surface area contributed by atoms with Gasteiger partial charge >= 0.3 is 5.97 Å². The van der Waals surface area contributed by atoms with Gasteiger partial charge in [0.1, 0.15) is 13.2 Å². The van der Waals surface area contributed by atoms with Crippen LogP contribution in [0.15, 0.2) is 0 Å². The zero-order chi connectivity index (χ0) is 15.8. The van der Waals surface area contributed by atoms with Gasteiger partial charge in [0.2, 0.25) is 5.91 Å². The minimum absolute atomic E-state index is 0.00204. The summed E-state index contributed by atoms with van der Waals surface area (Å²) >= 11 is 0. The lowest BCUT2D eigenvalue weighted by Crippen LogP contribution is -2.41. The molecule has 5 heteroatoms. The molecule has 1 aliphatic rings. The lowest BCUT2D eigenvalue weighted by atomic mass is 9.89. The topological polar surface area (TPSA) is 55.8 Å². The van der Waals surface area contributed by atoms with Crippen molar-refractivity contribution in [2.75, 3.05) is 26.8 Å². The van der Waals surface area contributed by atoms with Crippen LogP contribution in [0.25, 0.3) is 0 Å². The molecule has 1 fully saturated rings. The number of carbonyl (C=O) groups excluding carboxylic acids is 2. The van der Waals surface area contributed by atoms with E-state index >= 15 is 0 Å². The van der Waals surface area contributed by atoms with E-state index in [0.717, 1.165) is 19.3 Å². The van der Waals surface area contributed by atoms with Crippen molar-refractivity contribution in [1.82, 2.24) is 4.90 Å². The van der Waals surface area contributed by atoms with E-state index in [4.69, 9.17) is 4.74 Å². The van der Waals surface area contributed by atoms with Crippen molar-refractivity contribution >= 4 is 11.9 Å². The van der Waals surface area contributed by atoms with Gasteiger partial charge < -0.3 is 14.4 Å². The Balaban J connectivity index is 2.45. The molecule has 0 spiro atoms. The van der Waals surface area contributed by atoms with Gasteiger partial charge in [0.05, 0.1) is 13.2 Å². The normalized spacial score (nSPS) is 22.1. The molecule has 1 saturated carbocycles. The van der Waals surface area contributed by atoms with Gasteiger partial charge in [-0.3, -0.25) is 9.59 Å². The molecule has 0 N–H and O–H groups in total. The molecular formula is C16H29NO4. The number of rotatable bonds is 7. The molecule has 0 bridgehead atoms. The van der Waals surface area contributed by atoms with Crippen LogP contribution in [0, 0.1) is 11.8 Å². The highest BCUT2D eigenvalue weighted by atomic mass is 16.5. The average molecular weight is 299 g/mol. The van der Waals surface area contributed by atoms with E-state index in [1.807, 2.05) is 13.8 Å². The minimum atomic E-state index is -0.393. The second-order valence-electron chi connectivity index (χ2n) is 6.45. The first kappa shape index (κ1) is 18.0. The summed E-state index contributed by atoms with van der Waals surface area (Å²) in [5.41, 5.74) is 0. The fourth-order valence-electron chi connectivity index (χ4n) is 2.73. The Kier molecular flexibility index (Phi) is 7.72. The van der Waals surface area contributed by atoms with Crippen LogP contribution in [0.1, 0.15) is 46.5 Å². The fourth-order valence-corrected chi connectivity index (χ4v) is 2.73. The van der Waals surface area contributed by atoms with Gasteiger partial charge in [0.25, 0.3) is 0 Å². The van der Waals surface area contributed by atoms with Crippen molar-refractivity contribution in [3.63, 3.8) is 0 Å². The first-order valence-electron chi connectivity index (χ1n) is 7.88. The van der Waals surface area contributed by atoms with Crippen LogP contribution in [0.5, 0.6) is 0 Å². The van der Waals surface area contributed by atoms with Crippen LogP contribution in [0.2, 0.25) is 0 Å². The van der Waals surface area contributed by atoms with E-state index in [-0.39, 0.29) is 25.2 Å². The minimum Gasteiger partial charge on any atom is -0.468 e. The second-order valence-corrected chi connectivity index (χ2v) is 6.45. The molecule has 5 nitrogen and oxygen atoms in total. The van der Waals surface area contributed by atoms with E-state index in [9.17, 15) is 9.59 Å². The van der Waals surface area contributed by atoms with Gasteiger partial charge in [-0.25, -0.2) is 0 Å². The Bertz CT molecular complexity index is 343. The first-order valence-corrected chi connectivity index (χ1v) is 7.88. The molecule has 0 aromatic heterocycles. The number of hydrogen-bond donors (Lipinski definition) is 0. The van der Waals surface area contributed by atoms with Crippen molar-refractivity contribution in [2.24, 2.45) is 11.8 Å². The zero-order valence-electron chi connectivity index (χ0n) is 13.8. The van der Waals surface area contributed by atoms with Crippen LogP contribution in [-0.4, -0.2) is 49.7 Å². The molecule has 0 radical (unpaired) electrons. The van der Waals surface area contributed by atoms with Gasteiger partial charge in [-0.05, 0) is 24.7 Å². The van der Waals surface area contributed by atoms with Crippen LogP contribution >= 0.6 is 0 Å². The standard InChI is InChI=1S/C16H29NO4/c1-12(2)9-17(10-16(19)20-4)15(18)11-21-14-7-5-6-13(3)8-14/h12-14H,5-11H2,1-4H3/t13-,14-/m0/s1. The summed E-state index contributed by atoms with van der Waals surface area (Å²) in [6.45, 7) is 6.85. The molecule has 122 valence electrons. The third kappa shape index (κ3) is 6.93. The molecule has 0 aromatic rings. The Morgan fingerprint density at radius 2 is 2.00 bits per heavy atom. The van der Waals surface area contributed by atoms with E-state index < -0.39 is 5.97 Å². The van der Waals surface area contributed by atoms with Gasteiger partial charge in [-0.2, -0.15) is 0 Å². The molecular weight excluding hydrogens is 270 g/mol. The summed E-state index contributed by atoms with van der Waals surface area (Å²) in [6, 6.07) is 0. The third-order valence-electron chi connectivity index (χ3n) is 3.82. The lowest BCUT2D eigenvalue weighted by molar-refractivity contribution is -0.150. The van der Waals surface area contributed by atoms with Crippen molar-refractivity contribution in [3.05, 3.63) is 0 Å². The highest BCUT2D eigenvalue weighted by Crippen LogP contribution is 2.25. The number of carbonyl (C=O) groups is 2. The van der Waals surface area contributed by atoms with E-state index in [2.05, 4.69) is 11.7 Å². The molecule has 0 heterocycles. The summed E-state index contributed by atoms with van der Waals surface area (Å²) in [6.07, 6.45) is 4.64. The monoisotopic (exact) mass is 299 g/mol. The van der Waals surface area contributed by atoms with Crippen molar-refractivity contribution in [2.45, 2.75) is 52.6 Å². The largest absolute Gasteiger partial charge is 0.468 e. The maximum absolute atomic E-state index is 12.2. The first-order chi connectivity index (χ1) is 9.92. The maximum atomic E-state index is 12.2. The van der Waals surface area contributed by atoms with E-state index in [0.29, 0.717) is 18.4 Å². The molecule has 1 amide bonds. The fraction of sp³-hybridized carbons (Fsp3) is 0.875. The molecule has 2 atom stereocenters. The number of amides is 1. The molecule has 1 aliphatic carbocycles. The highest BCUT2D eigenvalue weighted by Gasteiger charge is 2.23. The average Bonchev–Trinajstić information content (AvgIpc) is 2.43. The van der Waals surface area contributed by atoms with E-state index in [1.165, 1.54) is 18.4 Å². The van der Waals surface area contributed by atoms with Gasteiger partial charge in [-0.15, -0.1) is 0 Å². The second kappa shape index (κ2) is 9.03. The van der Waals surface area contributed by atoms with Crippen LogP contribution in [-0.2, 0) is 19.1 Å². The van der Waals surface area contributed by atoms with Crippen molar-refractivity contribution < 1.29 is 19.1 Å². The van der Waals surface area contributed by atoms with Crippen molar-refractivity contribution in [3.8, 4) is 0 Å². The Labute approximate surface area is 128 Å². The quantitative estimate of drug-likeness (QED) is 0.677. The lowest BCUT2D eigenvalue weighted by Gasteiger charge is -2.28. The predicted molar refractivity (Wildman–Crippen MR) is 80.8 cm³/mol. The number of esters is 1. The van der Waals surface area contributed by atoms with Crippen LogP contribution in [0.3, 0.4) is 0 Å². The summed E-state index contributed by atoms with van der Waals surface area (Å²) in [4.78, 5) is 25.2. The molecule has 1 rings (SSSR count). The van der Waals surface area contributed by atoms with Crippen LogP contribution < -0.4 is 0 Å². The SMILES string of the molecule is COC(=O)CN(CC(C)C)C(=O)CO[C@H]1CCC[C@H](C)C1. The van der Waals surface area contributed by atoms with Gasteiger partial charge in [0.15, 0.2) is 0 Å². The van der Waals surface area contributed by atoms with Gasteiger partial charge in [-0.1, -0.05) is 33.6 Å². The van der Waals surface area contributed by atoms with Gasteiger partial charge in [0, 0.05) is 6.54 Å². The summed E-state index contributed by atoms with van der Waals surface area (Å²) < 4.78 is 10.4. The molecule has 0 unspecified atom stereocenters. The van der Waals surface area contributed by atoms with Crippen LogP contribution in [0.4, 0.5) is 0 Å². The van der Waals surface area contributed by atoms with Crippen molar-refractivity contribution in [1.29, 1.82) is 0 Å². The highest BCUT2D eigenvalue weighted by molar-refractivity contribution is 5.82. The number of nitrogens with zero attached hydrogens (tertiary/aromatic N) is 1. The predicted octanol–water partition coefficient (Wildman–Crippen LogP) is 2.24. The third-order valence-corrected chi connectivity index (χ3v) is 3.82. The molecule has 0 aliphatic heterocycles. The number of hydrogen-bond acceptors (Lipinski definition) is 4. The number of ether oxygens (including phenoxy) is 2. The summed E-state index contributed by atoms with van der Waals surface area (Å²) in [5, 5.41) is 0. The Morgan fingerprint density at radius 1 is 1.29 bits per heavy atom. The van der Waals surface area contributed by atoms with E-state index in [1.54, 1.807) is 0 Å².